The van der Waals surface area contributed by atoms with Gasteiger partial charge in [0.15, 0.2) is 5.78 Å². The first-order valence-corrected chi connectivity index (χ1v) is 10.8. The van der Waals surface area contributed by atoms with Gasteiger partial charge < -0.3 is 18.8 Å². The van der Waals surface area contributed by atoms with Crippen LogP contribution in [0.1, 0.15) is 36.8 Å². The zero-order valence-electron chi connectivity index (χ0n) is 19.5. The number of carbonyl (C=O) groups is 3. The van der Waals surface area contributed by atoms with E-state index < -0.39 is 17.7 Å². The van der Waals surface area contributed by atoms with E-state index in [1.165, 1.54) is 14.2 Å². The molecule has 0 amide bonds. The monoisotopic (exact) mass is 469 g/mol. The van der Waals surface area contributed by atoms with Crippen LogP contribution >= 0.6 is 0 Å². The van der Waals surface area contributed by atoms with Gasteiger partial charge in [-0.15, -0.1) is 0 Å². The second-order valence-electron chi connectivity index (χ2n) is 7.52. The van der Waals surface area contributed by atoms with Crippen LogP contribution in [0, 0.1) is 0 Å². The molecule has 0 fully saturated rings. The van der Waals surface area contributed by atoms with Gasteiger partial charge in [-0.2, -0.15) is 0 Å². The van der Waals surface area contributed by atoms with E-state index in [9.17, 15) is 14.4 Å². The molecule has 0 spiro atoms. The Morgan fingerprint density at radius 2 is 1.23 bits per heavy atom. The van der Waals surface area contributed by atoms with Crippen LogP contribution in [0.15, 0.2) is 84.9 Å². The lowest BCUT2D eigenvalue weighted by Gasteiger charge is -2.14. The lowest BCUT2D eigenvalue weighted by molar-refractivity contribution is 0.0548. The molecule has 0 aliphatic rings. The molecule has 35 heavy (non-hydrogen) atoms. The first kappa shape index (κ1) is 23.5. The van der Waals surface area contributed by atoms with E-state index in [1.54, 1.807) is 78.4 Å². The summed E-state index contributed by atoms with van der Waals surface area (Å²) in [4.78, 5) is 40.2. The van der Waals surface area contributed by atoms with Crippen molar-refractivity contribution in [2.24, 2.45) is 0 Å². The van der Waals surface area contributed by atoms with Gasteiger partial charge in [0.25, 0.3) is 0 Å². The number of hydrogen-bond donors (Lipinski definition) is 0. The number of ketones is 1. The fourth-order valence-corrected chi connectivity index (χ4v) is 3.98. The number of esters is 2. The maximum Gasteiger partial charge on any atom is 0.355 e. The molecule has 7 nitrogen and oxygen atoms in total. The summed E-state index contributed by atoms with van der Waals surface area (Å²) < 4.78 is 16.9. The summed E-state index contributed by atoms with van der Waals surface area (Å²) in [6.45, 7) is 0. The number of hydrogen-bond acceptors (Lipinski definition) is 6. The van der Waals surface area contributed by atoms with Gasteiger partial charge in [0.05, 0.1) is 32.6 Å². The second kappa shape index (κ2) is 10.1. The zero-order valence-corrected chi connectivity index (χ0v) is 19.5. The van der Waals surface area contributed by atoms with Crippen molar-refractivity contribution >= 4 is 17.7 Å². The van der Waals surface area contributed by atoms with Crippen LogP contribution in [0.4, 0.5) is 0 Å². The quantitative estimate of drug-likeness (QED) is 0.281. The van der Waals surface area contributed by atoms with Gasteiger partial charge in [-0.1, -0.05) is 60.7 Å². The fourth-order valence-electron chi connectivity index (χ4n) is 3.98. The summed E-state index contributed by atoms with van der Waals surface area (Å²) in [7, 11) is 3.97. The van der Waals surface area contributed by atoms with Gasteiger partial charge in [-0.25, -0.2) is 9.59 Å². The van der Waals surface area contributed by atoms with Gasteiger partial charge in [-0.05, 0) is 29.8 Å². The van der Waals surface area contributed by atoms with Crippen molar-refractivity contribution in [1.82, 2.24) is 4.57 Å². The Bertz CT molecular complexity index is 1370. The van der Waals surface area contributed by atoms with Crippen molar-refractivity contribution < 1.29 is 28.6 Å². The van der Waals surface area contributed by atoms with Gasteiger partial charge in [0, 0.05) is 11.3 Å². The Kier molecular flexibility index (Phi) is 6.78. The number of ether oxygens (including phenoxy) is 3. The standard InChI is InChI=1S/C28H23NO6/c1-33-21-16-14-20(15-17-21)29-24(18-10-6-4-7-11-18)22(26(30)19-12-8-5-9-13-19)23(27(31)34-2)25(29)28(32)35-3/h4-17H,1-3H3. The smallest absolute Gasteiger partial charge is 0.355 e. The average molecular weight is 469 g/mol. The average Bonchev–Trinajstić information content (AvgIpc) is 3.28. The predicted molar refractivity (Wildman–Crippen MR) is 130 cm³/mol. The number of aromatic nitrogens is 1. The Hall–Kier alpha value is -4.65. The third-order valence-corrected chi connectivity index (χ3v) is 5.58. The molecule has 0 unspecified atom stereocenters. The van der Waals surface area contributed by atoms with Crippen LogP contribution in [-0.2, 0) is 9.47 Å². The Morgan fingerprint density at radius 1 is 0.657 bits per heavy atom. The summed E-state index contributed by atoms with van der Waals surface area (Å²) in [6.07, 6.45) is 0. The van der Waals surface area contributed by atoms with Crippen molar-refractivity contribution in [3.05, 3.63) is 107 Å². The highest BCUT2D eigenvalue weighted by Crippen LogP contribution is 2.37. The van der Waals surface area contributed by atoms with Gasteiger partial charge in [0.2, 0.25) is 0 Å². The maximum atomic E-state index is 13.9. The van der Waals surface area contributed by atoms with Gasteiger partial charge >= 0.3 is 11.9 Å². The Labute approximate surface area is 202 Å². The van der Waals surface area contributed by atoms with Crippen LogP contribution in [0.2, 0.25) is 0 Å². The molecule has 0 saturated carbocycles. The molecule has 1 aromatic heterocycles. The normalized spacial score (nSPS) is 10.5. The van der Waals surface area contributed by atoms with Crippen molar-refractivity contribution in [3.63, 3.8) is 0 Å². The van der Waals surface area contributed by atoms with Crippen molar-refractivity contribution in [3.8, 4) is 22.7 Å². The molecule has 4 rings (SSSR count). The summed E-state index contributed by atoms with van der Waals surface area (Å²) >= 11 is 0. The maximum absolute atomic E-state index is 13.9. The van der Waals surface area contributed by atoms with Crippen molar-refractivity contribution in [2.75, 3.05) is 21.3 Å². The van der Waals surface area contributed by atoms with Crippen LogP contribution < -0.4 is 4.74 Å². The van der Waals surface area contributed by atoms with Crippen LogP contribution in [0.5, 0.6) is 5.75 Å². The molecule has 0 N–H and O–H groups in total. The molecule has 7 heteroatoms. The highest BCUT2D eigenvalue weighted by Gasteiger charge is 2.36. The van der Waals surface area contributed by atoms with Gasteiger partial charge in [0.1, 0.15) is 17.0 Å². The fraction of sp³-hybridized carbons (Fsp3) is 0.107. The van der Waals surface area contributed by atoms with E-state index in [-0.39, 0.29) is 16.8 Å². The molecule has 0 radical (unpaired) electrons. The highest BCUT2D eigenvalue weighted by atomic mass is 16.5. The highest BCUT2D eigenvalue weighted by molar-refractivity contribution is 6.21. The lowest BCUT2D eigenvalue weighted by atomic mass is 9.95. The van der Waals surface area contributed by atoms with E-state index in [0.717, 1.165) is 0 Å². The molecule has 176 valence electrons. The van der Waals surface area contributed by atoms with E-state index in [0.29, 0.717) is 28.3 Å². The molecular weight excluding hydrogens is 446 g/mol. The van der Waals surface area contributed by atoms with E-state index in [1.807, 2.05) is 18.2 Å². The molecule has 0 aliphatic carbocycles. The van der Waals surface area contributed by atoms with E-state index in [4.69, 9.17) is 14.2 Å². The first-order valence-electron chi connectivity index (χ1n) is 10.8. The number of carbonyl (C=O) groups excluding carboxylic acids is 3. The molecular formula is C28H23NO6. The topological polar surface area (TPSA) is 83.8 Å². The number of methoxy groups -OCH3 is 3. The minimum atomic E-state index is -0.825. The van der Waals surface area contributed by atoms with Crippen molar-refractivity contribution in [2.45, 2.75) is 0 Å². The van der Waals surface area contributed by atoms with Gasteiger partial charge in [-0.3, -0.25) is 4.79 Å². The number of rotatable bonds is 7. The Balaban J connectivity index is 2.18. The number of nitrogens with zero attached hydrogens (tertiary/aromatic N) is 1. The van der Waals surface area contributed by atoms with Crippen LogP contribution in [-0.4, -0.2) is 43.6 Å². The third-order valence-electron chi connectivity index (χ3n) is 5.58. The first-order chi connectivity index (χ1) is 17.0. The summed E-state index contributed by atoms with van der Waals surface area (Å²) in [5, 5.41) is 0. The lowest BCUT2D eigenvalue weighted by Crippen LogP contribution is -2.16. The second-order valence-corrected chi connectivity index (χ2v) is 7.52. The zero-order chi connectivity index (χ0) is 24.9. The minimum Gasteiger partial charge on any atom is -0.497 e. The van der Waals surface area contributed by atoms with E-state index in [2.05, 4.69) is 0 Å². The SMILES string of the molecule is COC(=O)c1c(C(=O)c2ccccc2)c(-c2ccccc2)n(-c2ccc(OC)cc2)c1C(=O)OC. The molecule has 4 aromatic rings. The largest absolute Gasteiger partial charge is 0.497 e. The molecule has 0 bridgehead atoms. The molecule has 0 atom stereocenters. The predicted octanol–water partition coefficient (Wildman–Crippen LogP) is 4.96. The van der Waals surface area contributed by atoms with Crippen molar-refractivity contribution in [1.29, 1.82) is 0 Å². The van der Waals surface area contributed by atoms with Crippen LogP contribution in [0.3, 0.4) is 0 Å². The van der Waals surface area contributed by atoms with E-state index >= 15 is 0 Å². The molecule has 0 aliphatic heterocycles. The Morgan fingerprint density at radius 3 is 1.77 bits per heavy atom. The third kappa shape index (κ3) is 4.31. The summed E-state index contributed by atoms with van der Waals surface area (Å²) in [6, 6.07) is 24.5. The molecule has 1 heterocycles. The minimum absolute atomic E-state index is 0.0467. The number of benzene rings is 3. The molecule has 3 aromatic carbocycles. The van der Waals surface area contributed by atoms with Crippen LogP contribution in [0.25, 0.3) is 16.9 Å². The summed E-state index contributed by atoms with van der Waals surface area (Å²) in [5.74, 6) is -1.43. The summed E-state index contributed by atoms with van der Waals surface area (Å²) in [5.41, 5.74) is 1.66. The molecule has 0 saturated heterocycles.